The highest BCUT2D eigenvalue weighted by Crippen LogP contribution is 2.25. The highest BCUT2D eigenvalue weighted by Gasteiger charge is 2.04. The SMILES string of the molecule is CCCC(C)CSc1ccc(N)c(F)c1. The average Bonchev–Trinajstić information content (AvgIpc) is 2.20. The number of rotatable bonds is 5. The van der Waals surface area contributed by atoms with Gasteiger partial charge in [-0.1, -0.05) is 26.7 Å². The Bertz CT molecular complexity index is 314. The summed E-state index contributed by atoms with van der Waals surface area (Å²) in [5.74, 6) is 1.40. The van der Waals surface area contributed by atoms with E-state index in [0.717, 1.165) is 10.6 Å². The molecule has 0 amide bonds. The lowest BCUT2D eigenvalue weighted by Gasteiger charge is -2.09. The molecule has 1 rings (SSSR count). The molecule has 1 nitrogen and oxygen atoms in total. The van der Waals surface area contributed by atoms with Gasteiger partial charge < -0.3 is 5.73 Å². The second kappa shape index (κ2) is 6.01. The molecule has 0 heterocycles. The molecule has 3 heteroatoms. The van der Waals surface area contributed by atoms with Crippen molar-refractivity contribution in [1.29, 1.82) is 0 Å². The average molecular weight is 227 g/mol. The molecule has 0 aromatic heterocycles. The third-order valence-electron chi connectivity index (χ3n) is 2.29. The first kappa shape index (κ1) is 12.4. The summed E-state index contributed by atoms with van der Waals surface area (Å²) in [6, 6.07) is 5.02. The molecule has 0 radical (unpaired) electrons. The van der Waals surface area contributed by atoms with Crippen LogP contribution in [0.5, 0.6) is 0 Å². The first-order valence-electron chi connectivity index (χ1n) is 5.31. The van der Waals surface area contributed by atoms with Gasteiger partial charge in [0, 0.05) is 10.6 Å². The number of anilines is 1. The van der Waals surface area contributed by atoms with Crippen molar-refractivity contribution < 1.29 is 4.39 Å². The van der Waals surface area contributed by atoms with Crippen LogP contribution in [0.2, 0.25) is 0 Å². The maximum Gasteiger partial charge on any atom is 0.147 e. The Hall–Kier alpha value is -0.700. The van der Waals surface area contributed by atoms with Crippen LogP contribution in [0.4, 0.5) is 10.1 Å². The minimum absolute atomic E-state index is 0.223. The highest BCUT2D eigenvalue weighted by atomic mass is 32.2. The summed E-state index contributed by atoms with van der Waals surface area (Å²) in [7, 11) is 0. The van der Waals surface area contributed by atoms with Gasteiger partial charge in [0.25, 0.3) is 0 Å². The molecule has 2 N–H and O–H groups in total. The second-order valence-corrected chi connectivity index (χ2v) is 4.98. The van der Waals surface area contributed by atoms with E-state index in [0.29, 0.717) is 5.92 Å². The number of hydrogen-bond donors (Lipinski definition) is 1. The summed E-state index contributed by atoms with van der Waals surface area (Å²) < 4.78 is 13.1. The summed E-state index contributed by atoms with van der Waals surface area (Å²) >= 11 is 1.70. The fourth-order valence-corrected chi connectivity index (χ4v) is 2.41. The van der Waals surface area contributed by atoms with Gasteiger partial charge in [-0.25, -0.2) is 4.39 Å². The maximum atomic E-state index is 13.1. The lowest BCUT2D eigenvalue weighted by molar-refractivity contribution is 0.585. The van der Waals surface area contributed by atoms with Crippen LogP contribution < -0.4 is 5.73 Å². The fraction of sp³-hybridized carbons (Fsp3) is 0.500. The smallest absolute Gasteiger partial charge is 0.147 e. The molecule has 0 saturated carbocycles. The highest BCUT2D eigenvalue weighted by molar-refractivity contribution is 7.99. The van der Waals surface area contributed by atoms with E-state index in [2.05, 4.69) is 13.8 Å². The molecule has 0 saturated heterocycles. The van der Waals surface area contributed by atoms with E-state index in [9.17, 15) is 4.39 Å². The van der Waals surface area contributed by atoms with Crippen molar-refractivity contribution in [2.24, 2.45) is 5.92 Å². The number of halogens is 1. The van der Waals surface area contributed by atoms with E-state index >= 15 is 0 Å². The van der Waals surface area contributed by atoms with Crippen LogP contribution in [0.25, 0.3) is 0 Å². The molecule has 0 fully saturated rings. The Morgan fingerprint density at radius 1 is 1.47 bits per heavy atom. The molecular weight excluding hydrogens is 209 g/mol. The Morgan fingerprint density at radius 3 is 2.80 bits per heavy atom. The van der Waals surface area contributed by atoms with Crippen molar-refractivity contribution in [3.8, 4) is 0 Å². The van der Waals surface area contributed by atoms with E-state index in [1.54, 1.807) is 17.8 Å². The van der Waals surface area contributed by atoms with Gasteiger partial charge in [0.15, 0.2) is 0 Å². The van der Waals surface area contributed by atoms with Gasteiger partial charge >= 0.3 is 0 Å². The quantitative estimate of drug-likeness (QED) is 0.609. The minimum atomic E-state index is -0.317. The van der Waals surface area contributed by atoms with Crippen molar-refractivity contribution in [2.45, 2.75) is 31.6 Å². The van der Waals surface area contributed by atoms with Crippen molar-refractivity contribution in [1.82, 2.24) is 0 Å². The van der Waals surface area contributed by atoms with E-state index in [-0.39, 0.29) is 11.5 Å². The van der Waals surface area contributed by atoms with E-state index < -0.39 is 0 Å². The first-order valence-corrected chi connectivity index (χ1v) is 6.30. The molecule has 1 aromatic carbocycles. The summed E-state index contributed by atoms with van der Waals surface area (Å²) in [6.07, 6.45) is 2.43. The van der Waals surface area contributed by atoms with E-state index in [1.165, 1.54) is 18.9 Å². The predicted molar refractivity (Wildman–Crippen MR) is 65.6 cm³/mol. The van der Waals surface area contributed by atoms with Crippen LogP contribution in [0, 0.1) is 11.7 Å². The normalized spacial score (nSPS) is 12.7. The Kier molecular flexibility index (Phi) is 4.95. The number of hydrogen-bond acceptors (Lipinski definition) is 2. The minimum Gasteiger partial charge on any atom is -0.396 e. The molecule has 1 unspecified atom stereocenters. The molecule has 0 spiro atoms. The molecule has 0 aliphatic heterocycles. The molecule has 1 atom stereocenters. The lowest BCUT2D eigenvalue weighted by atomic mass is 10.1. The molecule has 15 heavy (non-hydrogen) atoms. The summed E-state index contributed by atoms with van der Waals surface area (Å²) in [5, 5.41) is 0. The van der Waals surface area contributed by atoms with Crippen molar-refractivity contribution >= 4 is 17.4 Å². The van der Waals surface area contributed by atoms with Gasteiger partial charge in [-0.05, 0) is 24.1 Å². The van der Waals surface area contributed by atoms with Crippen molar-refractivity contribution in [2.75, 3.05) is 11.5 Å². The Morgan fingerprint density at radius 2 is 2.20 bits per heavy atom. The van der Waals surface area contributed by atoms with Crippen LogP contribution in [0.15, 0.2) is 23.1 Å². The van der Waals surface area contributed by atoms with E-state index in [1.807, 2.05) is 6.07 Å². The fourth-order valence-electron chi connectivity index (χ4n) is 1.41. The molecule has 0 aliphatic rings. The first-order chi connectivity index (χ1) is 7.13. The van der Waals surface area contributed by atoms with Gasteiger partial charge in [-0.15, -0.1) is 11.8 Å². The predicted octanol–water partition coefficient (Wildman–Crippen LogP) is 3.94. The van der Waals surface area contributed by atoms with E-state index in [4.69, 9.17) is 5.73 Å². The van der Waals surface area contributed by atoms with Gasteiger partial charge in [0.1, 0.15) is 5.82 Å². The van der Waals surface area contributed by atoms with Crippen LogP contribution in [0.3, 0.4) is 0 Å². The van der Waals surface area contributed by atoms with Crippen molar-refractivity contribution in [3.05, 3.63) is 24.0 Å². The summed E-state index contributed by atoms with van der Waals surface area (Å²) in [6.45, 7) is 4.41. The molecule has 0 bridgehead atoms. The third-order valence-corrected chi connectivity index (χ3v) is 3.61. The largest absolute Gasteiger partial charge is 0.396 e. The lowest BCUT2D eigenvalue weighted by Crippen LogP contribution is -1.97. The zero-order chi connectivity index (χ0) is 11.3. The topological polar surface area (TPSA) is 26.0 Å². The van der Waals surface area contributed by atoms with Crippen LogP contribution in [0.1, 0.15) is 26.7 Å². The second-order valence-electron chi connectivity index (χ2n) is 3.89. The molecule has 1 aromatic rings. The van der Waals surface area contributed by atoms with Crippen LogP contribution >= 0.6 is 11.8 Å². The Labute approximate surface area is 95.2 Å². The Balaban J connectivity index is 2.47. The third kappa shape index (κ3) is 4.12. The van der Waals surface area contributed by atoms with Crippen LogP contribution in [-0.2, 0) is 0 Å². The zero-order valence-electron chi connectivity index (χ0n) is 9.29. The van der Waals surface area contributed by atoms with Crippen molar-refractivity contribution in [3.63, 3.8) is 0 Å². The molecular formula is C12H18FNS. The molecule has 84 valence electrons. The maximum absolute atomic E-state index is 13.1. The standard InChI is InChI=1S/C12H18FNS/c1-3-4-9(2)8-15-10-5-6-12(14)11(13)7-10/h5-7,9H,3-4,8,14H2,1-2H3. The number of nitrogen functional groups attached to an aromatic ring is 1. The van der Waals surface area contributed by atoms with Gasteiger partial charge in [-0.2, -0.15) is 0 Å². The summed E-state index contributed by atoms with van der Waals surface area (Å²) in [5.41, 5.74) is 5.63. The zero-order valence-corrected chi connectivity index (χ0v) is 10.1. The number of benzene rings is 1. The monoisotopic (exact) mass is 227 g/mol. The number of nitrogens with two attached hydrogens (primary N) is 1. The van der Waals surface area contributed by atoms with Gasteiger partial charge in [-0.3, -0.25) is 0 Å². The van der Waals surface area contributed by atoms with Gasteiger partial charge in [0.2, 0.25) is 0 Å². The molecule has 0 aliphatic carbocycles. The number of thioether (sulfide) groups is 1. The summed E-state index contributed by atoms with van der Waals surface area (Å²) in [4.78, 5) is 0.963. The van der Waals surface area contributed by atoms with Crippen LogP contribution in [-0.4, -0.2) is 5.75 Å². The van der Waals surface area contributed by atoms with Gasteiger partial charge in [0.05, 0.1) is 5.69 Å².